The van der Waals surface area contributed by atoms with Crippen molar-refractivity contribution in [2.75, 3.05) is 22.4 Å². The Morgan fingerprint density at radius 2 is 2.05 bits per heavy atom. The van der Waals surface area contributed by atoms with Crippen LogP contribution in [0.3, 0.4) is 0 Å². The van der Waals surface area contributed by atoms with Gasteiger partial charge in [-0.1, -0.05) is 6.07 Å². The summed E-state index contributed by atoms with van der Waals surface area (Å²) in [6.45, 7) is 0.254. The maximum atomic E-state index is 12.1. The second kappa shape index (κ2) is 5.79. The third kappa shape index (κ3) is 3.90. The summed E-state index contributed by atoms with van der Waals surface area (Å²) < 4.78 is 60.8. The second-order valence-electron chi connectivity index (χ2n) is 5.05. The van der Waals surface area contributed by atoms with Gasteiger partial charge in [-0.25, -0.2) is 8.42 Å². The van der Waals surface area contributed by atoms with E-state index in [1.165, 1.54) is 4.31 Å². The maximum Gasteiger partial charge on any atom is 0.389 e. The Labute approximate surface area is 126 Å². The minimum absolute atomic E-state index is 0.254. The number of sulfonamides is 1. The first-order chi connectivity index (χ1) is 10.1. The lowest BCUT2D eigenvalue weighted by Gasteiger charge is -2.17. The SMILES string of the molecule is CS(=O)(=O)N1CCc2c(NC(=O)CCC(F)(F)F)cccc21. The fourth-order valence-electron chi connectivity index (χ4n) is 2.33. The molecule has 0 saturated heterocycles. The van der Waals surface area contributed by atoms with Gasteiger partial charge in [-0.3, -0.25) is 9.10 Å². The van der Waals surface area contributed by atoms with Gasteiger partial charge in [-0.05, 0) is 18.6 Å². The molecule has 1 N–H and O–H groups in total. The molecule has 0 aliphatic carbocycles. The number of hydrogen-bond donors (Lipinski definition) is 1. The van der Waals surface area contributed by atoms with Crippen molar-refractivity contribution in [1.29, 1.82) is 0 Å². The molecule has 1 heterocycles. The lowest BCUT2D eigenvalue weighted by molar-refractivity contribution is -0.142. The molecule has 0 radical (unpaired) electrons. The summed E-state index contributed by atoms with van der Waals surface area (Å²) in [5.41, 5.74) is 1.43. The number of rotatable bonds is 4. The Balaban J connectivity index is 2.15. The Kier molecular flexibility index (Phi) is 4.37. The van der Waals surface area contributed by atoms with E-state index in [1.54, 1.807) is 18.2 Å². The summed E-state index contributed by atoms with van der Waals surface area (Å²) in [6.07, 6.45) is -4.76. The van der Waals surface area contributed by atoms with E-state index >= 15 is 0 Å². The van der Waals surface area contributed by atoms with Gasteiger partial charge in [0.05, 0.1) is 18.4 Å². The number of carbonyl (C=O) groups excluding carboxylic acids is 1. The number of halogens is 3. The molecule has 1 aliphatic heterocycles. The minimum Gasteiger partial charge on any atom is -0.326 e. The van der Waals surface area contributed by atoms with Crippen molar-refractivity contribution in [1.82, 2.24) is 0 Å². The predicted octanol–water partition coefficient (Wildman–Crippen LogP) is 2.29. The predicted molar refractivity (Wildman–Crippen MR) is 76.3 cm³/mol. The molecule has 0 atom stereocenters. The van der Waals surface area contributed by atoms with Crippen molar-refractivity contribution in [2.24, 2.45) is 0 Å². The Morgan fingerprint density at radius 1 is 1.36 bits per heavy atom. The van der Waals surface area contributed by atoms with E-state index in [-0.39, 0.29) is 6.54 Å². The molecule has 122 valence electrons. The fourth-order valence-corrected chi connectivity index (χ4v) is 3.29. The van der Waals surface area contributed by atoms with Crippen LogP contribution < -0.4 is 9.62 Å². The lowest BCUT2D eigenvalue weighted by Crippen LogP contribution is -2.27. The maximum absolute atomic E-state index is 12.1. The first-order valence-electron chi connectivity index (χ1n) is 6.54. The van der Waals surface area contributed by atoms with E-state index in [0.29, 0.717) is 23.4 Å². The zero-order valence-electron chi connectivity index (χ0n) is 11.8. The van der Waals surface area contributed by atoms with Gasteiger partial charge in [0.2, 0.25) is 15.9 Å². The molecular formula is C13H15F3N2O3S. The number of anilines is 2. The van der Waals surface area contributed by atoms with Gasteiger partial charge in [-0.15, -0.1) is 0 Å². The zero-order chi connectivity index (χ0) is 16.5. The third-order valence-corrected chi connectivity index (χ3v) is 4.47. The number of amides is 1. The highest BCUT2D eigenvalue weighted by molar-refractivity contribution is 7.92. The quantitative estimate of drug-likeness (QED) is 0.917. The van der Waals surface area contributed by atoms with Crippen LogP contribution in [0.5, 0.6) is 0 Å². The molecule has 22 heavy (non-hydrogen) atoms. The number of nitrogens with zero attached hydrogens (tertiary/aromatic N) is 1. The highest BCUT2D eigenvalue weighted by Crippen LogP contribution is 2.35. The van der Waals surface area contributed by atoms with Crippen LogP contribution in [-0.4, -0.2) is 33.3 Å². The molecule has 0 unspecified atom stereocenters. The molecule has 0 bridgehead atoms. The van der Waals surface area contributed by atoms with Crippen LogP contribution in [0.4, 0.5) is 24.5 Å². The van der Waals surface area contributed by atoms with Crippen molar-refractivity contribution >= 4 is 27.3 Å². The molecule has 1 aromatic carbocycles. The molecule has 2 rings (SSSR count). The lowest BCUT2D eigenvalue weighted by atomic mass is 10.1. The number of alkyl halides is 3. The smallest absolute Gasteiger partial charge is 0.326 e. The van der Waals surface area contributed by atoms with Crippen LogP contribution in [0.1, 0.15) is 18.4 Å². The second-order valence-corrected chi connectivity index (χ2v) is 6.96. The standard InChI is InChI=1S/C13H15F3N2O3S/c1-22(20,21)18-8-6-9-10(3-2-4-11(9)18)17-12(19)5-7-13(14,15)16/h2-4H,5-8H2,1H3,(H,17,19). The van der Waals surface area contributed by atoms with Crippen molar-refractivity contribution < 1.29 is 26.4 Å². The average Bonchev–Trinajstić information content (AvgIpc) is 2.80. The molecular weight excluding hydrogens is 321 g/mol. The molecule has 5 nitrogen and oxygen atoms in total. The average molecular weight is 336 g/mol. The molecule has 1 aliphatic rings. The van der Waals surface area contributed by atoms with Gasteiger partial charge in [0.1, 0.15) is 0 Å². The summed E-state index contributed by atoms with van der Waals surface area (Å²) in [5, 5.41) is 2.43. The largest absolute Gasteiger partial charge is 0.389 e. The van der Waals surface area contributed by atoms with Crippen molar-refractivity contribution in [3.63, 3.8) is 0 Å². The van der Waals surface area contributed by atoms with Gasteiger partial charge >= 0.3 is 6.18 Å². The number of benzene rings is 1. The molecule has 0 saturated carbocycles. The van der Waals surface area contributed by atoms with Gasteiger partial charge < -0.3 is 5.32 Å². The first kappa shape index (κ1) is 16.6. The van der Waals surface area contributed by atoms with Crippen molar-refractivity contribution in [3.05, 3.63) is 23.8 Å². The van der Waals surface area contributed by atoms with E-state index in [4.69, 9.17) is 0 Å². The van der Waals surface area contributed by atoms with E-state index < -0.39 is 34.9 Å². The van der Waals surface area contributed by atoms with Crippen molar-refractivity contribution in [3.8, 4) is 0 Å². The molecule has 0 spiro atoms. The van der Waals surface area contributed by atoms with Gasteiger partial charge in [-0.2, -0.15) is 13.2 Å². The summed E-state index contributed by atoms with van der Waals surface area (Å²) in [5.74, 6) is -0.747. The molecule has 1 amide bonds. The Hall–Kier alpha value is -1.77. The van der Waals surface area contributed by atoms with Gasteiger partial charge in [0.15, 0.2) is 0 Å². The highest BCUT2D eigenvalue weighted by Gasteiger charge is 2.30. The minimum atomic E-state index is -4.39. The topological polar surface area (TPSA) is 66.5 Å². The first-order valence-corrected chi connectivity index (χ1v) is 8.39. The number of fused-ring (bicyclic) bond motifs is 1. The van der Waals surface area contributed by atoms with Gasteiger partial charge in [0.25, 0.3) is 0 Å². The molecule has 0 aromatic heterocycles. The normalized spacial score (nSPS) is 14.8. The number of nitrogens with one attached hydrogen (secondary N) is 1. The summed E-state index contributed by atoms with van der Waals surface area (Å²) in [4.78, 5) is 11.6. The van der Waals surface area contributed by atoms with Crippen LogP contribution in [0, 0.1) is 0 Å². The summed E-state index contributed by atoms with van der Waals surface area (Å²) >= 11 is 0. The van der Waals surface area contributed by atoms with E-state index in [9.17, 15) is 26.4 Å². The number of carbonyl (C=O) groups is 1. The molecule has 0 fully saturated rings. The van der Waals surface area contributed by atoms with Crippen LogP contribution >= 0.6 is 0 Å². The Bertz CT molecular complexity index is 686. The highest BCUT2D eigenvalue weighted by atomic mass is 32.2. The Morgan fingerprint density at radius 3 is 2.64 bits per heavy atom. The zero-order valence-corrected chi connectivity index (χ0v) is 12.6. The fraction of sp³-hybridized carbons (Fsp3) is 0.462. The summed E-state index contributed by atoms with van der Waals surface area (Å²) in [6, 6.07) is 4.71. The summed E-state index contributed by atoms with van der Waals surface area (Å²) in [7, 11) is -3.42. The van der Waals surface area contributed by atoms with Crippen LogP contribution in [-0.2, 0) is 21.2 Å². The van der Waals surface area contributed by atoms with Crippen LogP contribution in [0.15, 0.2) is 18.2 Å². The van der Waals surface area contributed by atoms with Crippen LogP contribution in [0.2, 0.25) is 0 Å². The monoisotopic (exact) mass is 336 g/mol. The van der Waals surface area contributed by atoms with E-state index in [1.807, 2.05) is 0 Å². The molecule has 1 aromatic rings. The van der Waals surface area contributed by atoms with Gasteiger partial charge in [0, 0.05) is 24.2 Å². The van der Waals surface area contributed by atoms with E-state index in [0.717, 1.165) is 6.26 Å². The third-order valence-electron chi connectivity index (χ3n) is 3.29. The van der Waals surface area contributed by atoms with Crippen molar-refractivity contribution in [2.45, 2.75) is 25.4 Å². The van der Waals surface area contributed by atoms with E-state index in [2.05, 4.69) is 5.32 Å². The number of hydrogen-bond acceptors (Lipinski definition) is 3. The molecule has 9 heteroatoms. The van der Waals surface area contributed by atoms with Crippen LogP contribution in [0.25, 0.3) is 0 Å².